The molecule has 214 valence electrons. The van der Waals surface area contributed by atoms with Crippen LogP contribution in [0.3, 0.4) is 0 Å². The van der Waals surface area contributed by atoms with Crippen molar-refractivity contribution in [3.05, 3.63) is 65.2 Å². The van der Waals surface area contributed by atoms with Gasteiger partial charge in [-0.25, -0.2) is 4.79 Å². The Balaban J connectivity index is 2.61. The van der Waals surface area contributed by atoms with Crippen LogP contribution in [0.4, 0.5) is 4.79 Å². The number of nitrogens with one attached hydrogen (secondary N) is 2. The number of aromatic hydroxyl groups is 1. The largest absolute Gasteiger partial charge is 0.508 e. The standard InChI is InChI=1S/C31H45N3O5/c1-10-21-11-15-23(16-12-21)26(27(36)32-20(2)3)34(30(4,5)6)28(37)25(33-29(38)39-31(7,8)9)19-22-13-17-24(35)18-14-22/h11-18,20,25-26,35H,10,19H2,1-9H3,(H,32,36)(H,33,38). The molecule has 0 aliphatic rings. The molecule has 0 heterocycles. The van der Waals surface area contributed by atoms with Crippen LogP contribution in [0.15, 0.2) is 48.5 Å². The maximum Gasteiger partial charge on any atom is 0.408 e. The quantitative estimate of drug-likeness (QED) is 0.402. The zero-order chi connectivity index (χ0) is 29.5. The van der Waals surface area contributed by atoms with Crippen LogP contribution in [0.25, 0.3) is 0 Å². The lowest BCUT2D eigenvalue weighted by Gasteiger charge is -2.43. The molecule has 8 heteroatoms. The van der Waals surface area contributed by atoms with Crippen LogP contribution in [-0.2, 0) is 27.2 Å². The molecule has 8 nitrogen and oxygen atoms in total. The molecule has 3 amide bonds. The van der Waals surface area contributed by atoms with Crippen molar-refractivity contribution in [3.63, 3.8) is 0 Å². The fourth-order valence-corrected chi connectivity index (χ4v) is 4.25. The SMILES string of the molecule is CCc1ccc(C(C(=O)NC(C)C)N(C(=O)C(Cc2ccc(O)cc2)NC(=O)OC(C)(C)C)C(C)(C)C)cc1. The topological polar surface area (TPSA) is 108 Å². The van der Waals surface area contributed by atoms with E-state index in [0.717, 1.165) is 17.5 Å². The molecule has 0 spiro atoms. The van der Waals surface area contributed by atoms with E-state index < -0.39 is 35.2 Å². The van der Waals surface area contributed by atoms with Gasteiger partial charge in [-0.3, -0.25) is 9.59 Å². The number of alkyl carbamates (subject to hydrolysis) is 1. The minimum Gasteiger partial charge on any atom is -0.508 e. The molecule has 2 aromatic rings. The normalized spacial score (nSPS) is 13.4. The van der Waals surface area contributed by atoms with E-state index in [9.17, 15) is 19.5 Å². The van der Waals surface area contributed by atoms with E-state index in [0.29, 0.717) is 5.56 Å². The number of amides is 3. The number of aryl methyl sites for hydroxylation is 1. The van der Waals surface area contributed by atoms with Gasteiger partial charge in [-0.1, -0.05) is 43.3 Å². The number of hydrogen-bond donors (Lipinski definition) is 3. The van der Waals surface area contributed by atoms with Gasteiger partial charge < -0.3 is 25.4 Å². The Hall–Kier alpha value is -3.55. The molecule has 0 bridgehead atoms. The fraction of sp³-hybridized carbons (Fsp3) is 0.516. The summed E-state index contributed by atoms with van der Waals surface area (Å²) in [6.45, 7) is 16.6. The van der Waals surface area contributed by atoms with Crippen LogP contribution < -0.4 is 10.6 Å². The van der Waals surface area contributed by atoms with Gasteiger partial charge in [0, 0.05) is 18.0 Å². The number of hydrogen-bond acceptors (Lipinski definition) is 5. The van der Waals surface area contributed by atoms with E-state index in [2.05, 4.69) is 17.6 Å². The lowest BCUT2D eigenvalue weighted by atomic mass is 9.93. The van der Waals surface area contributed by atoms with Gasteiger partial charge in [0.25, 0.3) is 0 Å². The van der Waals surface area contributed by atoms with Crippen LogP contribution >= 0.6 is 0 Å². The third-order valence-corrected chi connectivity index (χ3v) is 5.97. The molecule has 0 aromatic heterocycles. The number of carbonyl (C=O) groups excluding carboxylic acids is 3. The lowest BCUT2D eigenvalue weighted by molar-refractivity contribution is -0.148. The highest BCUT2D eigenvalue weighted by molar-refractivity contribution is 5.93. The molecule has 0 radical (unpaired) electrons. The Labute approximate surface area is 233 Å². The predicted octanol–water partition coefficient (Wildman–Crippen LogP) is 5.28. The van der Waals surface area contributed by atoms with E-state index in [1.54, 1.807) is 37.8 Å². The third kappa shape index (κ3) is 9.61. The molecule has 3 N–H and O–H groups in total. The first-order valence-corrected chi connectivity index (χ1v) is 13.5. The van der Waals surface area contributed by atoms with Crippen LogP contribution in [0.5, 0.6) is 5.75 Å². The molecule has 0 saturated carbocycles. The Morgan fingerprint density at radius 1 is 0.872 bits per heavy atom. The second-order valence-electron chi connectivity index (χ2n) is 12.1. The maximum absolute atomic E-state index is 14.4. The molecule has 39 heavy (non-hydrogen) atoms. The van der Waals surface area contributed by atoms with Gasteiger partial charge in [-0.15, -0.1) is 0 Å². The first kappa shape index (κ1) is 31.7. The monoisotopic (exact) mass is 539 g/mol. The van der Waals surface area contributed by atoms with E-state index in [1.807, 2.05) is 58.9 Å². The summed E-state index contributed by atoms with van der Waals surface area (Å²) in [5, 5.41) is 15.4. The second kappa shape index (κ2) is 13.0. The zero-order valence-corrected chi connectivity index (χ0v) is 24.8. The third-order valence-electron chi connectivity index (χ3n) is 5.97. The predicted molar refractivity (Wildman–Crippen MR) is 153 cm³/mol. The number of ether oxygens (including phenoxy) is 1. The van der Waals surface area contributed by atoms with Crippen molar-refractivity contribution in [1.29, 1.82) is 0 Å². The maximum atomic E-state index is 14.4. The molecule has 0 fully saturated rings. The summed E-state index contributed by atoms with van der Waals surface area (Å²) in [6, 6.07) is 12.0. The highest BCUT2D eigenvalue weighted by Gasteiger charge is 2.42. The van der Waals surface area contributed by atoms with Gasteiger partial charge in [0.2, 0.25) is 11.8 Å². The van der Waals surface area contributed by atoms with Crippen LogP contribution in [-0.4, -0.2) is 51.1 Å². The summed E-state index contributed by atoms with van der Waals surface area (Å²) >= 11 is 0. The minimum absolute atomic E-state index is 0.0963. The zero-order valence-electron chi connectivity index (χ0n) is 24.8. The summed E-state index contributed by atoms with van der Waals surface area (Å²) in [7, 11) is 0. The molecule has 0 aliphatic carbocycles. The number of phenolic OH excluding ortho intramolecular Hbond substituents is 1. The summed E-state index contributed by atoms with van der Waals surface area (Å²) in [5.74, 6) is -0.637. The molecular weight excluding hydrogens is 494 g/mol. The molecular formula is C31H45N3O5. The van der Waals surface area contributed by atoms with Gasteiger partial charge >= 0.3 is 6.09 Å². The van der Waals surface area contributed by atoms with Crippen LogP contribution in [0.2, 0.25) is 0 Å². The van der Waals surface area contributed by atoms with Gasteiger partial charge in [0.05, 0.1) is 0 Å². The summed E-state index contributed by atoms with van der Waals surface area (Å²) < 4.78 is 5.47. The number of rotatable bonds is 9. The van der Waals surface area contributed by atoms with Crippen molar-refractivity contribution >= 4 is 17.9 Å². The number of carbonyl (C=O) groups is 3. The fourth-order valence-electron chi connectivity index (χ4n) is 4.25. The van der Waals surface area contributed by atoms with Crippen molar-refractivity contribution < 1.29 is 24.2 Å². The van der Waals surface area contributed by atoms with E-state index in [1.165, 1.54) is 12.1 Å². The Bertz CT molecular complexity index is 1110. The van der Waals surface area contributed by atoms with Crippen LogP contribution in [0.1, 0.15) is 85.0 Å². The summed E-state index contributed by atoms with van der Waals surface area (Å²) in [5.41, 5.74) is 0.969. The summed E-state index contributed by atoms with van der Waals surface area (Å²) in [4.78, 5) is 42.5. The average Bonchev–Trinajstić information content (AvgIpc) is 2.80. The highest BCUT2D eigenvalue weighted by atomic mass is 16.6. The molecule has 2 atom stereocenters. The Morgan fingerprint density at radius 3 is 1.87 bits per heavy atom. The highest BCUT2D eigenvalue weighted by Crippen LogP contribution is 2.31. The molecule has 0 saturated heterocycles. The average molecular weight is 540 g/mol. The van der Waals surface area contributed by atoms with Gasteiger partial charge in [-0.2, -0.15) is 0 Å². The van der Waals surface area contributed by atoms with Gasteiger partial charge in [0.1, 0.15) is 23.4 Å². The minimum atomic E-state index is -1.03. The lowest BCUT2D eigenvalue weighted by Crippen LogP contribution is -2.59. The molecule has 2 aromatic carbocycles. The van der Waals surface area contributed by atoms with Crippen LogP contribution in [0, 0.1) is 0 Å². The van der Waals surface area contributed by atoms with Crippen molar-refractivity contribution in [2.24, 2.45) is 0 Å². The van der Waals surface area contributed by atoms with E-state index in [4.69, 9.17) is 4.74 Å². The first-order valence-electron chi connectivity index (χ1n) is 13.5. The second-order valence-corrected chi connectivity index (χ2v) is 12.1. The Morgan fingerprint density at radius 2 is 1.41 bits per heavy atom. The van der Waals surface area contributed by atoms with Crippen molar-refractivity contribution in [2.75, 3.05) is 0 Å². The van der Waals surface area contributed by atoms with Crippen molar-refractivity contribution in [3.8, 4) is 5.75 Å². The van der Waals surface area contributed by atoms with E-state index in [-0.39, 0.29) is 24.1 Å². The van der Waals surface area contributed by atoms with Crippen molar-refractivity contribution in [2.45, 2.75) is 104 Å². The molecule has 2 rings (SSSR count). The number of phenols is 1. The molecule has 2 unspecified atom stereocenters. The first-order chi connectivity index (χ1) is 18.0. The number of nitrogens with zero attached hydrogens (tertiary/aromatic N) is 1. The van der Waals surface area contributed by atoms with Gasteiger partial charge in [0.15, 0.2) is 0 Å². The molecule has 0 aliphatic heterocycles. The summed E-state index contributed by atoms with van der Waals surface area (Å²) in [6.07, 6.45) is 0.251. The number of benzene rings is 2. The van der Waals surface area contributed by atoms with Gasteiger partial charge in [-0.05, 0) is 90.6 Å². The smallest absolute Gasteiger partial charge is 0.408 e. The van der Waals surface area contributed by atoms with E-state index >= 15 is 0 Å². The Kier molecular flexibility index (Phi) is 10.6. The van der Waals surface area contributed by atoms with Crippen molar-refractivity contribution in [1.82, 2.24) is 15.5 Å².